The Morgan fingerprint density at radius 1 is 1.15 bits per heavy atom. The van der Waals surface area contributed by atoms with Gasteiger partial charge in [-0.05, 0) is 26.2 Å². The lowest BCUT2D eigenvalue weighted by atomic mass is 10.0. The molecule has 2 heterocycles. The summed E-state index contributed by atoms with van der Waals surface area (Å²) in [5.41, 5.74) is 3.31. The van der Waals surface area contributed by atoms with Gasteiger partial charge in [-0.3, -0.25) is 0 Å². The Morgan fingerprint density at radius 2 is 1.85 bits per heavy atom. The molecule has 2 aliphatic rings. The number of benzene rings is 1. The molecule has 104 valence electrons. The predicted octanol–water partition coefficient (Wildman–Crippen LogP) is 2.63. The van der Waals surface area contributed by atoms with Crippen LogP contribution in [0.1, 0.15) is 30.4 Å². The van der Waals surface area contributed by atoms with Crippen molar-refractivity contribution in [3.63, 3.8) is 0 Å². The predicted molar refractivity (Wildman–Crippen MR) is 77.3 cm³/mol. The molecule has 0 atom stereocenters. The van der Waals surface area contributed by atoms with Crippen LogP contribution in [0.3, 0.4) is 0 Å². The van der Waals surface area contributed by atoms with Crippen LogP contribution >= 0.6 is 0 Å². The molecular weight excluding hydrogens is 252 g/mol. The fraction of sp³-hybridized carbons (Fsp3) is 0.375. The van der Waals surface area contributed by atoms with Gasteiger partial charge in [0, 0.05) is 24.9 Å². The number of carbonyl (C=O) groups excluding carboxylic acids is 1. The summed E-state index contributed by atoms with van der Waals surface area (Å²) in [6.45, 7) is 4.03. The normalized spacial score (nSPS) is 21.1. The summed E-state index contributed by atoms with van der Waals surface area (Å²) in [7, 11) is 0. The molecule has 4 heteroatoms. The third kappa shape index (κ3) is 2.59. The van der Waals surface area contributed by atoms with E-state index in [1.54, 1.807) is 0 Å². The third-order valence-corrected chi connectivity index (χ3v) is 3.72. The summed E-state index contributed by atoms with van der Waals surface area (Å²) >= 11 is 0. The van der Waals surface area contributed by atoms with Crippen LogP contribution in [0, 0.1) is 6.92 Å². The number of likely N-dealkylation sites (tertiary alicyclic amines) is 1. The summed E-state index contributed by atoms with van der Waals surface area (Å²) in [5, 5.41) is 3.94. The summed E-state index contributed by atoms with van der Waals surface area (Å²) in [4.78, 5) is 18.9. The zero-order valence-corrected chi connectivity index (χ0v) is 11.6. The number of hydrogen-bond acceptors (Lipinski definition) is 4. The SMILES string of the molecule is Cc1ccc(C2=NOC(=O)/C2=C\N2CCCCC2)cc1. The number of hydrogen-bond donors (Lipinski definition) is 0. The van der Waals surface area contributed by atoms with Crippen molar-refractivity contribution in [1.29, 1.82) is 0 Å². The number of nitrogens with zero attached hydrogens (tertiary/aromatic N) is 2. The standard InChI is InChI=1S/C16H18N2O2/c1-12-5-7-13(8-6-12)15-14(16(19)20-17-15)11-18-9-3-2-4-10-18/h5-8,11H,2-4,9-10H2,1H3/b14-11-. The maximum Gasteiger partial charge on any atom is 0.369 e. The van der Waals surface area contributed by atoms with Crippen LogP contribution < -0.4 is 0 Å². The van der Waals surface area contributed by atoms with Gasteiger partial charge < -0.3 is 9.74 Å². The number of oxime groups is 1. The first-order chi connectivity index (χ1) is 9.74. The number of piperidine rings is 1. The van der Waals surface area contributed by atoms with Crippen molar-refractivity contribution in [3.05, 3.63) is 47.2 Å². The first-order valence-corrected chi connectivity index (χ1v) is 7.07. The Morgan fingerprint density at radius 3 is 2.55 bits per heavy atom. The van der Waals surface area contributed by atoms with Crippen molar-refractivity contribution >= 4 is 11.7 Å². The van der Waals surface area contributed by atoms with Crippen molar-refractivity contribution in [3.8, 4) is 0 Å². The molecule has 0 saturated carbocycles. The Labute approximate surface area is 118 Å². The largest absolute Gasteiger partial charge is 0.377 e. The van der Waals surface area contributed by atoms with Gasteiger partial charge in [0.05, 0.1) is 0 Å². The van der Waals surface area contributed by atoms with E-state index in [0.717, 1.165) is 18.7 Å². The number of rotatable bonds is 2. The van der Waals surface area contributed by atoms with E-state index < -0.39 is 0 Å². The fourth-order valence-corrected chi connectivity index (χ4v) is 2.55. The van der Waals surface area contributed by atoms with Crippen molar-refractivity contribution < 1.29 is 9.63 Å². The van der Waals surface area contributed by atoms with E-state index in [-0.39, 0.29) is 5.97 Å². The molecule has 1 saturated heterocycles. The van der Waals surface area contributed by atoms with E-state index in [4.69, 9.17) is 4.84 Å². The molecular formula is C16H18N2O2. The van der Waals surface area contributed by atoms with Gasteiger partial charge in [-0.15, -0.1) is 0 Å². The Balaban J connectivity index is 1.87. The van der Waals surface area contributed by atoms with Gasteiger partial charge in [0.1, 0.15) is 11.3 Å². The molecule has 2 aliphatic heterocycles. The van der Waals surface area contributed by atoms with E-state index in [0.29, 0.717) is 11.3 Å². The van der Waals surface area contributed by atoms with Crippen LogP contribution in [-0.4, -0.2) is 29.7 Å². The van der Waals surface area contributed by atoms with E-state index in [9.17, 15) is 4.79 Å². The maximum absolute atomic E-state index is 11.9. The molecule has 0 aromatic heterocycles. The van der Waals surface area contributed by atoms with Gasteiger partial charge in [0.15, 0.2) is 0 Å². The minimum Gasteiger partial charge on any atom is -0.377 e. The lowest BCUT2D eigenvalue weighted by molar-refractivity contribution is -0.136. The molecule has 20 heavy (non-hydrogen) atoms. The van der Waals surface area contributed by atoms with Crippen LogP contribution in [0.2, 0.25) is 0 Å². The van der Waals surface area contributed by atoms with Crippen LogP contribution in [0.5, 0.6) is 0 Å². The van der Waals surface area contributed by atoms with Crippen molar-refractivity contribution in [2.75, 3.05) is 13.1 Å². The van der Waals surface area contributed by atoms with Gasteiger partial charge in [-0.25, -0.2) is 4.79 Å². The Hall–Kier alpha value is -2.10. The molecule has 4 nitrogen and oxygen atoms in total. The maximum atomic E-state index is 11.9. The quantitative estimate of drug-likeness (QED) is 0.613. The van der Waals surface area contributed by atoms with Crippen LogP contribution in [-0.2, 0) is 9.63 Å². The zero-order chi connectivity index (χ0) is 13.9. The molecule has 1 fully saturated rings. The average molecular weight is 270 g/mol. The van der Waals surface area contributed by atoms with Crippen LogP contribution in [0.4, 0.5) is 0 Å². The summed E-state index contributed by atoms with van der Waals surface area (Å²) in [6, 6.07) is 7.97. The van der Waals surface area contributed by atoms with Gasteiger partial charge in [-0.1, -0.05) is 35.0 Å². The molecule has 0 bridgehead atoms. The molecule has 0 N–H and O–H groups in total. The summed E-state index contributed by atoms with van der Waals surface area (Å²) < 4.78 is 0. The van der Waals surface area contributed by atoms with Crippen LogP contribution in [0.15, 0.2) is 41.2 Å². The molecule has 3 rings (SSSR count). The molecule has 1 aromatic rings. The first-order valence-electron chi connectivity index (χ1n) is 7.07. The average Bonchev–Trinajstić information content (AvgIpc) is 2.83. The second kappa shape index (κ2) is 5.49. The van der Waals surface area contributed by atoms with Crippen molar-refractivity contribution in [2.45, 2.75) is 26.2 Å². The monoisotopic (exact) mass is 270 g/mol. The van der Waals surface area contributed by atoms with Crippen molar-refractivity contribution in [2.24, 2.45) is 5.16 Å². The molecule has 0 amide bonds. The lowest BCUT2D eigenvalue weighted by Crippen LogP contribution is -2.26. The highest BCUT2D eigenvalue weighted by atomic mass is 16.7. The second-order valence-corrected chi connectivity index (χ2v) is 5.32. The van der Waals surface area contributed by atoms with E-state index in [1.807, 2.05) is 37.4 Å². The summed E-state index contributed by atoms with van der Waals surface area (Å²) in [6.07, 6.45) is 5.53. The molecule has 0 aliphatic carbocycles. The first kappa shape index (κ1) is 12.9. The molecule has 1 aromatic carbocycles. The van der Waals surface area contributed by atoms with Crippen LogP contribution in [0.25, 0.3) is 0 Å². The Kier molecular flexibility index (Phi) is 3.54. The fourth-order valence-electron chi connectivity index (χ4n) is 2.55. The molecule has 0 spiro atoms. The van der Waals surface area contributed by atoms with E-state index in [2.05, 4.69) is 10.1 Å². The van der Waals surface area contributed by atoms with Crippen molar-refractivity contribution in [1.82, 2.24) is 4.90 Å². The highest BCUT2D eigenvalue weighted by Gasteiger charge is 2.27. The minimum atomic E-state index is -0.355. The topological polar surface area (TPSA) is 41.9 Å². The Bertz CT molecular complexity index is 567. The third-order valence-electron chi connectivity index (χ3n) is 3.72. The van der Waals surface area contributed by atoms with Gasteiger partial charge >= 0.3 is 5.97 Å². The van der Waals surface area contributed by atoms with Gasteiger partial charge in [0.2, 0.25) is 0 Å². The second-order valence-electron chi connectivity index (χ2n) is 5.32. The van der Waals surface area contributed by atoms with Gasteiger partial charge in [-0.2, -0.15) is 0 Å². The molecule has 0 unspecified atom stereocenters. The number of carbonyl (C=O) groups is 1. The highest BCUT2D eigenvalue weighted by Crippen LogP contribution is 2.20. The number of aryl methyl sites for hydroxylation is 1. The van der Waals surface area contributed by atoms with Gasteiger partial charge in [0.25, 0.3) is 0 Å². The summed E-state index contributed by atoms with van der Waals surface area (Å²) in [5.74, 6) is -0.355. The molecule has 0 radical (unpaired) electrons. The smallest absolute Gasteiger partial charge is 0.369 e. The van der Waals surface area contributed by atoms with E-state index >= 15 is 0 Å². The lowest BCUT2D eigenvalue weighted by Gasteiger charge is -2.25. The minimum absolute atomic E-state index is 0.355. The highest BCUT2D eigenvalue weighted by molar-refractivity contribution is 6.28. The van der Waals surface area contributed by atoms with E-state index in [1.165, 1.54) is 24.8 Å². The zero-order valence-electron chi connectivity index (χ0n) is 11.6.